The lowest BCUT2D eigenvalue weighted by molar-refractivity contribution is 0.0972. The Bertz CT molecular complexity index is 2040. The fourth-order valence-corrected chi connectivity index (χ4v) is 7.42. The molecule has 6 aromatic carbocycles. The van der Waals surface area contributed by atoms with Crippen LogP contribution in [0.4, 0.5) is 9.59 Å². The third kappa shape index (κ3) is 7.86. The van der Waals surface area contributed by atoms with Crippen LogP contribution in [0.25, 0.3) is 54.2 Å². The number of aryl methyl sites for hydroxylation is 2. The summed E-state index contributed by atoms with van der Waals surface area (Å²) in [5.74, 6) is 0.966. The summed E-state index contributed by atoms with van der Waals surface area (Å²) >= 11 is 0. The summed E-state index contributed by atoms with van der Waals surface area (Å²) in [6.07, 6.45) is 9.21. The van der Waals surface area contributed by atoms with Gasteiger partial charge in [-0.15, -0.1) is 0 Å². The van der Waals surface area contributed by atoms with Gasteiger partial charge in [-0.25, -0.2) is 9.59 Å². The molecule has 0 saturated heterocycles. The lowest BCUT2D eigenvalue weighted by atomic mass is 9.83. The molecule has 0 atom stereocenters. The SMILES string of the molecule is CCCCCCCOC(=O)Oc1c2ccccc2c(-c2c3ccccc3c(OC(=O)OCCCCCCC)c3cccc(C)c23)c2c(C)cccc12. The molecule has 0 aliphatic rings. The van der Waals surface area contributed by atoms with Gasteiger partial charge >= 0.3 is 12.3 Å². The van der Waals surface area contributed by atoms with Crippen LogP contribution in [0, 0.1) is 13.8 Å². The Hall–Kier alpha value is -5.10. The molecule has 0 radical (unpaired) electrons. The average Bonchev–Trinajstić information content (AvgIpc) is 3.15. The van der Waals surface area contributed by atoms with Crippen LogP contribution < -0.4 is 9.47 Å². The fourth-order valence-electron chi connectivity index (χ4n) is 7.42. The number of rotatable bonds is 15. The summed E-state index contributed by atoms with van der Waals surface area (Å²) in [4.78, 5) is 26.4. The van der Waals surface area contributed by atoms with E-state index in [2.05, 4.69) is 52.0 Å². The largest absolute Gasteiger partial charge is 0.513 e. The van der Waals surface area contributed by atoms with E-state index >= 15 is 0 Å². The average molecular weight is 699 g/mol. The van der Waals surface area contributed by atoms with E-state index in [9.17, 15) is 9.59 Å². The molecule has 0 bridgehead atoms. The summed E-state index contributed by atoms with van der Waals surface area (Å²) in [7, 11) is 0. The molecule has 0 N–H and O–H groups in total. The number of fused-ring (bicyclic) bond motifs is 4. The van der Waals surface area contributed by atoms with Crippen molar-refractivity contribution >= 4 is 55.4 Å². The third-order valence-corrected chi connectivity index (χ3v) is 9.97. The number of carbonyl (C=O) groups excluding carboxylic acids is 2. The Kier molecular flexibility index (Phi) is 12.3. The van der Waals surface area contributed by atoms with Crippen molar-refractivity contribution in [2.75, 3.05) is 13.2 Å². The topological polar surface area (TPSA) is 71.1 Å². The molecule has 0 fully saturated rings. The van der Waals surface area contributed by atoms with Crippen LogP contribution in [0.1, 0.15) is 89.2 Å². The predicted octanol–water partition coefficient (Wildman–Crippen LogP) is 13.6. The molecule has 0 spiro atoms. The van der Waals surface area contributed by atoms with Gasteiger partial charge in [-0.1, -0.05) is 150 Å². The molecule has 270 valence electrons. The molecule has 6 nitrogen and oxygen atoms in total. The quantitative estimate of drug-likeness (QED) is 0.0460. The standard InChI is InChI=1S/C46H50O6/c1-5-7-9-11-17-29-49-45(47)51-43-35-25-15-13-23-33(35)41(39-31(3)21-19-27-37(39)43)42-34-24-14-16-26-36(34)44(38-28-20-22-32(4)40(38)42)52-46(48)50-30-18-12-10-8-6-2/h13-16,19-28H,5-12,17-18,29-30H2,1-4H3. The lowest BCUT2D eigenvalue weighted by Gasteiger charge is -2.22. The Balaban J connectivity index is 1.49. The van der Waals surface area contributed by atoms with Crippen molar-refractivity contribution in [3.63, 3.8) is 0 Å². The Morgan fingerprint density at radius 2 is 0.808 bits per heavy atom. The summed E-state index contributed by atoms with van der Waals surface area (Å²) in [5.41, 5.74) is 4.14. The van der Waals surface area contributed by atoms with Gasteiger partial charge < -0.3 is 18.9 Å². The first-order valence-corrected chi connectivity index (χ1v) is 19.0. The zero-order chi connectivity index (χ0) is 36.5. The zero-order valence-electron chi connectivity index (χ0n) is 31.0. The zero-order valence-corrected chi connectivity index (χ0v) is 31.0. The minimum Gasteiger partial charge on any atom is -0.434 e. The first-order valence-electron chi connectivity index (χ1n) is 19.0. The second-order valence-corrected chi connectivity index (χ2v) is 13.7. The van der Waals surface area contributed by atoms with E-state index in [1.54, 1.807) is 0 Å². The van der Waals surface area contributed by atoms with Crippen LogP contribution in [0.3, 0.4) is 0 Å². The summed E-state index contributed by atoms with van der Waals surface area (Å²) in [5, 5.41) is 7.11. The highest BCUT2D eigenvalue weighted by Gasteiger charge is 2.26. The maximum Gasteiger partial charge on any atom is 0.513 e. The molecule has 6 aromatic rings. The molecular weight excluding hydrogens is 648 g/mol. The van der Waals surface area contributed by atoms with Crippen LogP contribution in [0.5, 0.6) is 11.5 Å². The van der Waals surface area contributed by atoms with Gasteiger partial charge in [0, 0.05) is 21.5 Å². The number of hydrogen-bond donors (Lipinski definition) is 0. The molecule has 0 aliphatic carbocycles. The van der Waals surface area contributed by atoms with Gasteiger partial charge in [-0.2, -0.15) is 0 Å². The second kappa shape index (κ2) is 17.4. The number of ether oxygens (including phenoxy) is 4. The monoisotopic (exact) mass is 698 g/mol. The Labute approximate surface area is 307 Å². The van der Waals surface area contributed by atoms with E-state index < -0.39 is 12.3 Å². The van der Waals surface area contributed by atoms with Crippen molar-refractivity contribution in [2.24, 2.45) is 0 Å². The van der Waals surface area contributed by atoms with Gasteiger partial charge in [0.15, 0.2) is 0 Å². The first-order chi connectivity index (χ1) is 25.4. The summed E-state index contributed by atoms with van der Waals surface area (Å²) in [6, 6.07) is 28.3. The smallest absolute Gasteiger partial charge is 0.434 e. The number of carbonyl (C=O) groups is 2. The summed E-state index contributed by atoms with van der Waals surface area (Å²) < 4.78 is 23.4. The molecule has 0 heterocycles. The van der Waals surface area contributed by atoms with Crippen LogP contribution >= 0.6 is 0 Å². The number of hydrogen-bond acceptors (Lipinski definition) is 6. The molecule has 0 aliphatic heterocycles. The van der Waals surface area contributed by atoms with Crippen molar-refractivity contribution < 1.29 is 28.5 Å². The van der Waals surface area contributed by atoms with Gasteiger partial charge in [0.05, 0.1) is 13.2 Å². The van der Waals surface area contributed by atoms with Crippen LogP contribution in [-0.4, -0.2) is 25.5 Å². The van der Waals surface area contributed by atoms with Gasteiger partial charge in [0.2, 0.25) is 0 Å². The van der Waals surface area contributed by atoms with E-state index in [1.807, 2.05) is 60.7 Å². The molecule has 0 saturated carbocycles. The predicted molar refractivity (Wildman–Crippen MR) is 213 cm³/mol. The molecule has 6 rings (SSSR count). The van der Waals surface area contributed by atoms with Crippen LogP contribution in [0.2, 0.25) is 0 Å². The minimum atomic E-state index is -0.697. The highest BCUT2D eigenvalue weighted by atomic mass is 16.7. The maximum absolute atomic E-state index is 13.2. The van der Waals surface area contributed by atoms with E-state index in [0.29, 0.717) is 24.7 Å². The molecule has 52 heavy (non-hydrogen) atoms. The van der Waals surface area contributed by atoms with Gasteiger partial charge in [0.25, 0.3) is 0 Å². The molecule has 0 amide bonds. The fraction of sp³-hybridized carbons (Fsp3) is 0.348. The van der Waals surface area contributed by atoms with Crippen molar-refractivity contribution in [1.82, 2.24) is 0 Å². The third-order valence-electron chi connectivity index (χ3n) is 9.97. The highest BCUT2D eigenvalue weighted by Crippen LogP contribution is 2.51. The van der Waals surface area contributed by atoms with E-state index in [1.165, 1.54) is 12.8 Å². The Morgan fingerprint density at radius 3 is 1.21 bits per heavy atom. The van der Waals surface area contributed by atoms with E-state index in [4.69, 9.17) is 18.9 Å². The summed E-state index contributed by atoms with van der Waals surface area (Å²) in [6.45, 7) is 9.20. The molecule has 0 unspecified atom stereocenters. The number of unbranched alkanes of at least 4 members (excludes halogenated alkanes) is 8. The molecular formula is C46H50O6. The van der Waals surface area contributed by atoms with Gasteiger partial charge in [-0.3, -0.25) is 0 Å². The van der Waals surface area contributed by atoms with E-state index in [-0.39, 0.29) is 0 Å². The lowest BCUT2D eigenvalue weighted by Crippen LogP contribution is -2.12. The van der Waals surface area contributed by atoms with Crippen LogP contribution in [0.15, 0.2) is 84.9 Å². The van der Waals surface area contributed by atoms with Gasteiger partial charge in [0.1, 0.15) is 11.5 Å². The van der Waals surface area contributed by atoms with Crippen molar-refractivity contribution in [3.8, 4) is 22.6 Å². The highest BCUT2D eigenvalue weighted by molar-refractivity contribution is 6.27. The molecule has 0 aromatic heterocycles. The minimum absolute atomic E-state index is 0.327. The van der Waals surface area contributed by atoms with Crippen molar-refractivity contribution in [2.45, 2.75) is 91.9 Å². The maximum atomic E-state index is 13.2. The first kappa shape index (κ1) is 36.7. The Morgan fingerprint density at radius 1 is 0.442 bits per heavy atom. The van der Waals surface area contributed by atoms with Crippen molar-refractivity contribution in [1.29, 1.82) is 0 Å². The van der Waals surface area contributed by atoms with Gasteiger partial charge in [-0.05, 0) is 70.5 Å². The second-order valence-electron chi connectivity index (χ2n) is 13.7. The molecule has 6 heteroatoms. The van der Waals surface area contributed by atoms with Crippen LogP contribution in [-0.2, 0) is 9.47 Å². The van der Waals surface area contributed by atoms with E-state index in [0.717, 1.165) is 117 Å². The van der Waals surface area contributed by atoms with Crippen molar-refractivity contribution in [3.05, 3.63) is 96.1 Å². The normalized spacial score (nSPS) is 11.4. The number of benzene rings is 6.